The number of carbonyl (C=O) groups is 1. The molecule has 1 saturated heterocycles. The van der Waals surface area contributed by atoms with Crippen molar-refractivity contribution < 1.29 is 14.3 Å². The number of methoxy groups -OCH3 is 2. The molecule has 1 aliphatic heterocycles. The van der Waals surface area contributed by atoms with Gasteiger partial charge in [0.1, 0.15) is 5.82 Å². The second-order valence-corrected chi connectivity index (χ2v) is 5.56. The number of ether oxygens (including phenoxy) is 2. The van der Waals surface area contributed by atoms with Crippen molar-refractivity contribution in [3.05, 3.63) is 30.5 Å². The summed E-state index contributed by atoms with van der Waals surface area (Å²) in [6.07, 6.45) is 2.61. The minimum atomic E-state index is 0.502. The lowest BCUT2D eigenvalue weighted by atomic mass is 10.3. The van der Waals surface area contributed by atoms with E-state index in [2.05, 4.69) is 20.2 Å². The lowest BCUT2D eigenvalue weighted by molar-refractivity contribution is -0.118. The maximum atomic E-state index is 10.8. The number of hydrogen-bond acceptors (Lipinski definition) is 7. The number of piperazine rings is 1. The van der Waals surface area contributed by atoms with Crippen molar-refractivity contribution in [2.45, 2.75) is 0 Å². The summed E-state index contributed by atoms with van der Waals surface area (Å²) < 4.78 is 10.5. The molecule has 1 amide bonds. The van der Waals surface area contributed by atoms with Crippen LogP contribution >= 0.6 is 0 Å². The zero-order valence-corrected chi connectivity index (χ0v) is 14.3. The Kier molecular flexibility index (Phi) is 5.17. The van der Waals surface area contributed by atoms with Crippen molar-refractivity contribution in [1.82, 2.24) is 14.9 Å². The van der Waals surface area contributed by atoms with E-state index >= 15 is 0 Å². The number of carbonyl (C=O) groups excluding carboxylic acids is 1. The second-order valence-electron chi connectivity index (χ2n) is 5.56. The van der Waals surface area contributed by atoms with Gasteiger partial charge in [-0.05, 0) is 18.2 Å². The fourth-order valence-corrected chi connectivity index (χ4v) is 2.69. The average Bonchev–Trinajstić information content (AvgIpc) is 2.68. The molecule has 2 heterocycles. The zero-order valence-electron chi connectivity index (χ0n) is 14.3. The quantitative estimate of drug-likeness (QED) is 0.797. The fourth-order valence-electron chi connectivity index (χ4n) is 2.69. The Morgan fingerprint density at radius 3 is 2.52 bits per heavy atom. The Labute approximate surface area is 146 Å². The van der Waals surface area contributed by atoms with Gasteiger partial charge in [0.25, 0.3) is 0 Å². The monoisotopic (exact) mass is 343 g/mol. The Morgan fingerprint density at radius 2 is 1.84 bits per heavy atom. The van der Waals surface area contributed by atoms with Crippen LogP contribution in [0.4, 0.5) is 17.5 Å². The van der Waals surface area contributed by atoms with Gasteiger partial charge < -0.3 is 24.6 Å². The Balaban J connectivity index is 1.73. The summed E-state index contributed by atoms with van der Waals surface area (Å²) in [5.41, 5.74) is 0.806. The number of nitrogens with zero attached hydrogens (tertiary/aromatic N) is 4. The largest absolute Gasteiger partial charge is 0.493 e. The smallest absolute Gasteiger partial charge is 0.229 e. The lowest BCUT2D eigenvalue weighted by Gasteiger charge is -2.33. The van der Waals surface area contributed by atoms with Crippen molar-refractivity contribution in [1.29, 1.82) is 0 Å². The summed E-state index contributed by atoms with van der Waals surface area (Å²) in [5.74, 6) is 2.63. The van der Waals surface area contributed by atoms with Crippen LogP contribution in [-0.4, -0.2) is 61.7 Å². The molecule has 2 aromatic rings. The molecule has 1 aliphatic rings. The first-order valence-corrected chi connectivity index (χ1v) is 8.00. The molecule has 8 nitrogen and oxygen atoms in total. The summed E-state index contributed by atoms with van der Waals surface area (Å²) in [6, 6.07) is 7.40. The van der Waals surface area contributed by atoms with Gasteiger partial charge >= 0.3 is 0 Å². The third-order valence-electron chi connectivity index (χ3n) is 4.07. The third kappa shape index (κ3) is 3.90. The molecule has 1 aromatic heterocycles. The number of amides is 1. The summed E-state index contributed by atoms with van der Waals surface area (Å²) in [7, 11) is 3.19. The van der Waals surface area contributed by atoms with E-state index in [0.717, 1.165) is 31.0 Å². The van der Waals surface area contributed by atoms with Gasteiger partial charge in [0.15, 0.2) is 11.5 Å². The molecule has 0 atom stereocenters. The molecule has 1 aromatic carbocycles. The first-order chi connectivity index (χ1) is 12.2. The molecule has 25 heavy (non-hydrogen) atoms. The highest BCUT2D eigenvalue weighted by Gasteiger charge is 2.17. The molecule has 1 fully saturated rings. The number of aromatic nitrogens is 2. The SMILES string of the molecule is COc1ccc(Nc2nccc(N3CCN(C=O)CC3)n2)cc1OC. The molecule has 0 saturated carbocycles. The highest BCUT2D eigenvalue weighted by molar-refractivity contribution is 5.60. The van der Waals surface area contributed by atoms with E-state index in [1.165, 1.54) is 0 Å². The normalized spacial score (nSPS) is 14.2. The summed E-state index contributed by atoms with van der Waals surface area (Å²) in [4.78, 5) is 23.6. The van der Waals surface area contributed by atoms with E-state index in [1.54, 1.807) is 25.3 Å². The first-order valence-electron chi connectivity index (χ1n) is 8.00. The van der Waals surface area contributed by atoms with Gasteiger partial charge in [-0.25, -0.2) is 4.98 Å². The fraction of sp³-hybridized carbons (Fsp3) is 0.353. The van der Waals surface area contributed by atoms with Gasteiger partial charge in [0, 0.05) is 44.1 Å². The van der Waals surface area contributed by atoms with Crippen molar-refractivity contribution in [2.75, 3.05) is 50.6 Å². The van der Waals surface area contributed by atoms with Crippen LogP contribution in [-0.2, 0) is 4.79 Å². The van der Waals surface area contributed by atoms with Crippen molar-refractivity contribution in [2.24, 2.45) is 0 Å². The van der Waals surface area contributed by atoms with Crippen molar-refractivity contribution in [3.8, 4) is 11.5 Å². The Bertz CT molecular complexity index is 732. The Hall–Kier alpha value is -3.03. The van der Waals surface area contributed by atoms with Gasteiger partial charge in [-0.1, -0.05) is 0 Å². The molecule has 0 aliphatic carbocycles. The van der Waals surface area contributed by atoms with Gasteiger partial charge in [-0.3, -0.25) is 4.79 Å². The molecule has 0 spiro atoms. The van der Waals surface area contributed by atoms with E-state index in [4.69, 9.17) is 9.47 Å². The first kappa shape index (κ1) is 16.8. The molecule has 0 radical (unpaired) electrons. The number of benzene rings is 1. The predicted molar refractivity (Wildman–Crippen MR) is 94.7 cm³/mol. The lowest BCUT2D eigenvalue weighted by Crippen LogP contribution is -2.46. The van der Waals surface area contributed by atoms with Crippen LogP contribution in [0.25, 0.3) is 0 Å². The van der Waals surface area contributed by atoms with Crippen LogP contribution in [0.2, 0.25) is 0 Å². The number of anilines is 3. The van der Waals surface area contributed by atoms with Crippen molar-refractivity contribution in [3.63, 3.8) is 0 Å². The average molecular weight is 343 g/mol. The van der Waals surface area contributed by atoms with Gasteiger partial charge in [-0.2, -0.15) is 4.98 Å². The van der Waals surface area contributed by atoms with Crippen LogP contribution in [0, 0.1) is 0 Å². The summed E-state index contributed by atoms with van der Waals surface area (Å²) in [6.45, 7) is 2.91. The maximum absolute atomic E-state index is 10.8. The van der Waals surface area contributed by atoms with E-state index in [0.29, 0.717) is 30.5 Å². The van der Waals surface area contributed by atoms with E-state index in [1.807, 2.05) is 24.3 Å². The number of rotatable bonds is 6. The zero-order chi connectivity index (χ0) is 17.6. The summed E-state index contributed by atoms with van der Waals surface area (Å²) in [5, 5.41) is 3.18. The van der Waals surface area contributed by atoms with Crippen molar-refractivity contribution >= 4 is 23.9 Å². The second kappa shape index (κ2) is 7.69. The van der Waals surface area contributed by atoms with E-state index in [9.17, 15) is 4.79 Å². The molecule has 3 rings (SSSR count). The standard InChI is InChI=1S/C17H21N5O3/c1-24-14-4-3-13(11-15(14)25-2)19-17-18-6-5-16(20-17)22-9-7-21(12-23)8-10-22/h3-6,11-12H,7-10H2,1-2H3,(H,18,19,20). The van der Waals surface area contributed by atoms with E-state index < -0.39 is 0 Å². The third-order valence-corrected chi connectivity index (χ3v) is 4.07. The van der Waals surface area contributed by atoms with Crippen LogP contribution in [0.1, 0.15) is 0 Å². The highest BCUT2D eigenvalue weighted by atomic mass is 16.5. The molecule has 132 valence electrons. The minimum absolute atomic E-state index is 0.502. The Morgan fingerprint density at radius 1 is 1.08 bits per heavy atom. The molecule has 0 bridgehead atoms. The summed E-state index contributed by atoms with van der Waals surface area (Å²) >= 11 is 0. The van der Waals surface area contributed by atoms with Crippen LogP contribution in [0.15, 0.2) is 30.5 Å². The topological polar surface area (TPSA) is 79.8 Å². The highest BCUT2D eigenvalue weighted by Crippen LogP contribution is 2.30. The van der Waals surface area contributed by atoms with Crippen LogP contribution < -0.4 is 19.7 Å². The van der Waals surface area contributed by atoms with Crippen LogP contribution in [0.3, 0.4) is 0 Å². The number of hydrogen-bond donors (Lipinski definition) is 1. The minimum Gasteiger partial charge on any atom is -0.493 e. The van der Waals surface area contributed by atoms with Gasteiger partial charge in [-0.15, -0.1) is 0 Å². The van der Waals surface area contributed by atoms with Crippen LogP contribution in [0.5, 0.6) is 11.5 Å². The molecule has 8 heteroatoms. The molecular weight excluding hydrogens is 322 g/mol. The predicted octanol–water partition coefficient (Wildman–Crippen LogP) is 1.52. The molecule has 0 unspecified atom stereocenters. The molecule has 1 N–H and O–H groups in total. The number of nitrogens with one attached hydrogen (secondary N) is 1. The van der Waals surface area contributed by atoms with Gasteiger partial charge in [0.2, 0.25) is 12.4 Å². The van der Waals surface area contributed by atoms with Gasteiger partial charge in [0.05, 0.1) is 14.2 Å². The van der Waals surface area contributed by atoms with E-state index in [-0.39, 0.29) is 0 Å². The molecular formula is C17H21N5O3. The maximum Gasteiger partial charge on any atom is 0.229 e.